The van der Waals surface area contributed by atoms with Crippen molar-refractivity contribution in [3.05, 3.63) is 35.6 Å². The summed E-state index contributed by atoms with van der Waals surface area (Å²) in [5, 5.41) is 9.45. The third kappa shape index (κ3) is 2.34. The molecule has 1 N–H and O–H groups in total. The van der Waals surface area contributed by atoms with Crippen LogP contribution in [0.4, 0.5) is 0 Å². The maximum Gasteiger partial charge on any atom is 0.371 e. The van der Waals surface area contributed by atoms with Crippen molar-refractivity contribution in [1.29, 1.82) is 0 Å². The van der Waals surface area contributed by atoms with E-state index in [1.807, 2.05) is 0 Å². The first-order chi connectivity index (χ1) is 8.20. The Morgan fingerprint density at radius 1 is 1.41 bits per heavy atom. The number of carbonyl (C=O) groups excluding carboxylic acids is 1. The Bertz CT molecular complexity index is 640. The van der Waals surface area contributed by atoms with Crippen LogP contribution in [0.5, 0.6) is 0 Å². The molecule has 0 atom stereocenters. The molecule has 0 radical (unpaired) electrons. The van der Waals surface area contributed by atoms with Gasteiger partial charge in [-0.15, -0.1) is 0 Å². The first-order valence-electron chi connectivity index (χ1n) is 4.90. The molecule has 17 heavy (non-hydrogen) atoms. The number of carboxylic acids is 1. The summed E-state index contributed by atoms with van der Waals surface area (Å²) in [4.78, 5) is 20.8. The third-order valence-corrected chi connectivity index (χ3v) is 2.15. The molecule has 0 bridgehead atoms. The van der Waals surface area contributed by atoms with Crippen LogP contribution in [0, 0.1) is 11.8 Å². The van der Waals surface area contributed by atoms with Crippen molar-refractivity contribution in [2.75, 3.05) is 0 Å². The predicted molar refractivity (Wildman–Crippen MR) is 60.7 cm³/mol. The van der Waals surface area contributed by atoms with Gasteiger partial charge in [0.25, 0.3) is 0 Å². The number of carboxylic acid groups (broad SMARTS) is 1. The summed E-state index contributed by atoms with van der Waals surface area (Å²) in [5.74, 6) is 4.29. The van der Waals surface area contributed by atoms with Crippen molar-refractivity contribution in [3.8, 4) is 11.8 Å². The highest BCUT2D eigenvalue weighted by atomic mass is 16.4. The lowest BCUT2D eigenvalue weighted by molar-refractivity contribution is -0.107. The molecule has 0 unspecified atom stereocenters. The molecule has 0 amide bonds. The van der Waals surface area contributed by atoms with E-state index in [0.29, 0.717) is 11.0 Å². The van der Waals surface area contributed by atoms with Crippen molar-refractivity contribution in [3.63, 3.8) is 0 Å². The average molecular weight is 228 g/mol. The lowest BCUT2D eigenvalue weighted by Crippen LogP contribution is -1.91. The molecule has 0 spiro atoms. The fourth-order valence-electron chi connectivity index (χ4n) is 1.42. The Balaban J connectivity index is 2.40. The fraction of sp³-hybridized carbons (Fsp3) is 0.0769. The molecule has 2 aromatic rings. The summed E-state index contributed by atoms with van der Waals surface area (Å²) >= 11 is 0. The average Bonchev–Trinajstić information content (AvgIpc) is 2.72. The molecule has 0 saturated carbocycles. The maximum atomic E-state index is 10.7. The molecular weight excluding hydrogens is 220 g/mol. The van der Waals surface area contributed by atoms with Gasteiger partial charge in [0.05, 0.1) is 6.42 Å². The number of aldehydes is 1. The summed E-state index contributed by atoms with van der Waals surface area (Å²) in [6.07, 6.45) is 0.912. The SMILES string of the molecule is O=CCC#Cc1ccc2oc(C(=O)O)cc2c1. The molecular formula is C13H8O4. The highest BCUT2D eigenvalue weighted by molar-refractivity contribution is 5.91. The summed E-state index contributed by atoms with van der Waals surface area (Å²) in [6, 6.07) is 6.55. The monoisotopic (exact) mass is 228 g/mol. The van der Waals surface area contributed by atoms with Crippen LogP contribution in [0.2, 0.25) is 0 Å². The Labute approximate surface area is 96.8 Å². The van der Waals surface area contributed by atoms with Crippen LogP contribution in [-0.2, 0) is 4.79 Å². The fourth-order valence-corrected chi connectivity index (χ4v) is 1.42. The quantitative estimate of drug-likeness (QED) is 0.631. The molecule has 1 aromatic heterocycles. The minimum atomic E-state index is -1.10. The standard InChI is InChI=1S/C13H8O4/c14-6-2-1-3-9-4-5-11-10(7-9)8-12(17-11)13(15)16/h4-8H,2H2,(H,15,16). The number of carbonyl (C=O) groups is 2. The Morgan fingerprint density at radius 3 is 2.94 bits per heavy atom. The predicted octanol–water partition coefficient (Wildman–Crippen LogP) is 2.07. The van der Waals surface area contributed by atoms with Crippen LogP contribution in [-0.4, -0.2) is 17.4 Å². The van der Waals surface area contributed by atoms with Gasteiger partial charge in [-0.05, 0) is 24.3 Å². The van der Waals surface area contributed by atoms with Crippen molar-refractivity contribution in [2.45, 2.75) is 6.42 Å². The van der Waals surface area contributed by atoms with Gasteiger partial charge in [-0.25, -0.2) is 4.79 Å². The molecule has 0 aliphatic heterocycles. The van der Waals surface area contributed by atoms with Gasteiger partial charge in [-0.3, -0.25) is 0 Å². The van der Waals surface area contributed by atoms with Crippen molar-refractivity contribution in [1.82, 2.24) is 0 Å². The minimum Gasteiger partial charge on any atom is -0.475 e. The Kier molecular flexibility index (Phi) is 2.93. The van der Waals surface area contributed by atoms with E-state index in [1.54, 1.807) is 18.2 Å². The number of aromatic carboxylic acids is 1. The molecule has 4 nitrogen and oxygen atoms in total. The molecule has 84 valence electrons. The molecule has 0 saturated heterocycles. The van der Waals surface area contributed by atoms with E-state index in [1.165, 1.54) is 6.07 Å². The topological polar surface area (TPSA) is 67.5 Å². The molecule has 4 heteroatoms. The summed E-state index contributed by atoms with van der Waals surface area (Å²) in [6.45, 7) is 0. The van der Waals surface area contributed by atoms with Gasteiger partial charge in [-0.1, -0.05) is 11.8 Å². The summed E-state index contributed by atoms with van der Waals surface area (Å²) in [5.41, 5.74) is 1.22. The number of furan rings is 1. The second-order valence-corrected chi connectivity index (χ2v) is 3.34. The zero-order valence-electron chi connectivity index (χ0n) is 8.77. The summed E-state index contributed by atoms with van der Waals surface area (Å²) in [7, 11) is 0. The second-order valence-electron chi connectivity index (χ2n) is 3.34. The van der Waals surface area contributed by atoms with Gasteiger partial charge < -0.3 is 14.3 Å². The number of benzene rings is 1. The number of hydrogen-bond donors (Lipinski definition) is 1. The normalized spacial score (nSPS) is 9.65. The van der Waals surface area contributed by atoms with Crippen LogP contribution < -0.4 is 0 Å². The van der Waals surface area contributed by atoms with Gasteiger partial charge in [0.15, 0.2) is 0 Å². The van der Waals surface area contributed by atoms with E-state index < -0.39 is 5.97 Å². The van der Waals surface area contributed by atoms with E-state index in [0.717, 1.165) is 11.8 Å². The molecule has 0 fully saturated rings. The maximum absolute atomic E-state index is 10.7. The number of fused-ring (bicyclic) bond motifs is 1. The molecule has 1 aromatic carbocycles. The zero-order valence-corrected chi connectivity index (χ0v) is 8.77. The largest absolute Gasteiger partial charge is 0.475 e. The van der Waals surface area contributed by atoms with Gasteiger partial charge in [0.1, 0.15) is 11.9 Å². The first kappa shape index (κ1) is 11.0. The zero-order chi connectivity index (χ0) is 12.3. The van der Waals surface area contributed by atoms with E-state index in [4.69, 9.17) is 9.52 Å². The first-order valence-corrected chi connectivity index (χ1v) is 4.90. The molecule has 1 heterocycles. The van der Waals surface area contributed by atoms with Gasteiger partial charge in [0, 0.05) is 10.9 Å². The van der Waals surface area contributed by atoms with Crippen LogP contribution >= 0.6 is 0 Å². The van der Waals surface area contributed by atoms with E-state index in [-0.39, 0.29) is 12.2 Å². The van der Waals surface area contributed by atoms with E-state index in [9.17, 15) is 9.59 Å². The Morgan fingerprint density at radius 2 is 2.24 bits per heavy atom. The minimum absolute atomic E-state index is 0.0991. The van der Waals surface area contributed by atoms with Crippen LogP contribution in [0.3, 0.4) is 0 Å². The third-order valence-electron chi connectivity index (χ3n) is 2.15. The van der Waals surface area contributed by atoms with Crippen LogP contribution in [0.25, 0.3) is 11.0 Å². The van der Waals surface area contributed by atoms with Gasteiger partial charge in [0.2, 0.25) is 5.76 Å². The Hall–Kier alpha value is -2.54. The van der Waals surface area contributed by atoms with Crippen molar-refractivity contribution >= 4 is 23.2 Å². The summed E-state index contributed by atoms with van der Waals surface area (Å²) < 4.78 is 5.11. The smallest absolute Gasteiger partial charge is 0.371 e. The van der Waals surface area contributed by atoms with Gasteiger partial charge in [-0.2, -0.15) is 0 Å². The number of hydrogen-bond acceptors (Lipinski definition) is 3. The molecule has 0 aliphatic rings. The van der Waals surface area contributed by atoms with Gasteiger partial charge >= 0.3 is 5.97 Å². The molecule has 0 aliphatic carbocycles. The lowest BCUT2D eigenvalue weighted by atomic mass is 10.1. The highest BCUT2D eigenvalue weighted by Gasteiger charge is 2.09. The van der Waals surface area contributed by atoms with E-state index in [2.05, 4.69) is 11.8 Å². The van der Waals surface area contributed by atoms with Crippen LogP contribution in [0.15, 0.2) is 28.7 Å². The van der Waals surface area contributed by atoms with Crippen molar-refractivity contribution < 1.29 is 19.1 Å². The van der Waals surface area contributed by atoms with Crippen LogP contribution in [0.1, 0.15) is 22.5 Å². The highest BCUT2D eigenvalue weighted by Crippen LogP contribution is 2.20. The number of rotatable bonds is 2. The van der Waals surface area contributed by atoms with Crippen molar-refractivity contribution in [2.24, 2.45) is 0 Å². The lowest BCUT2D eigenvalue weighted by Gasteiger charge is -1.89. The van der Waals surface area contributed by atoms with E-state index >= 15 is 0 Å². The second kappa shape index (κ2) is 4.54. The molecule has 2 rings (SSSR count).